The van der Waals surface area contributed by atoms with E-state index in [0.29, 0.717) is 50.8 Å². The van der Waals surface area contributed by atoms with Crippen molar-refractivity contribution in [3.05, 3.63) is 34.4 Å². The maximum atomic E-state index is 14.6. The second-order valence-electron chi connectivity index (χ2n) is 20.9. The minimum Gasteiger partial charge on any atom is -0.466 e. The molecule has 8 atom stereocenters. The van der Waals surface area contributed by atoms with E-state index < -0.39 is 15.3 Å². The van der Waals surface area contributed by atoms with Crippen LogP contribution in [0.4, 0.5) is 0 Å². The van der Waals surface area contributed by atoms with E-state index in [2.05, 4.69) is 70.8 Å². The lowest BCUT2D eigenvalue weighted by atomic mass is 9.33. The Morgan fingerprint density at radius 1 is 0.929 bits per heavy atom. The first-order valence-corrected chi connectivity index (χ1v) is 24.2. The minimum atomic E-state index is -3.03. The van der Waals surface area contributed by atoms with Gasteiger partial charge in [-0.2, -0.15) is 0 Å². The average molecular weight is 793 g/mol. The maximum absolute atomic E-state index is 14.6. The molecule has 0 spiro atoms. The van der Waals surface area contributed by atoms with Crippen molar-refractivity contribution >= 4 is 27.5 Å². The number of Topliss-reactive ketones (excluding diaryl/α,β-unsaturated/α-hetero) is 1. The van der Waals surface area contributed by atoms with Crippen LogP contribution in [0.25, 0.3) is 0 Å². The Morgan fingerprint density at radius 2 is 1.64 bits per heavy atom. The molecule has 7 rings (SSSR count). The van der Waals surface area contributed by atoms with Crippen LogP contribution in [0.2, 0.25) is 0 Å². The van der Waals surface area contributed by atoms with Gasteiger partial charge in [-0.05, 0) is 165 Å². The number of likely N-dealkylation sites (tertiary alicyclic amines) is 1. The largest absolute Gasteiger partial charge is 0.466 e. The second kappa shape index (κ2) is 14.8. The fourth-order valence-electron chi connectivity index (χ4n) is 14.7. The summed E-state index contributed by atoms with van der Waals surface area (Å²) in [5.41, 5.74) is 4.58. The number of piperidine rings is 1. The zero-order chi connectivity index (χ0) is 40.6. The first-order valence-electron chi connectivity index (χ1n) is 22.3. The molecule has 1 aliphatic heterocycles. The fraction of sp³-hybridized carbons (Fsp3) is 0.809. The Kier molecular flexibility index (Phi) is 11.1. The van der Waals surface area contributed by atoms with E-state index in [1.54, 1.807) is 0 Å². The molecule has 7 aliphatic rings. The van der Waals surface area contributed by atoms with Crippen molar-refractivity contribution in [3.8, 4) is 0 Å². The topological polar surface area (TPSA) is 110 Å². The SMILES string of the molecule is CCOC(=O)C1CC=C(C2=CC[C@]3(C)[C@H]4CC[C@@H]5C6=C(C(C)C)C(=O)C[C@]6(C(=O)NCCN6CCC(S(C)(=O)=O)CC6)CC[C@@]5(C)[C@]4(C)CC[C@H]3C2(C)C)CC1. The zero-order valence-corrected chi connectivity index (χ0v) is 37.0. The molecule has 8 nitrogen and oxygen atoms in total. The molecule has 56 heavy (non-hydrogen) atoms. The van der Waals surface area contributed by atoms with Crippen LogP contribution in [0, 0.1) is 56.7 Å². The smallest absolute Gasteiger partial charge is 0.309 e. The number of carbonyl (C=O) groups excluding carboxylic acids is 3. The highest BCUT2D eigenvalue weighted by Gasteiger charge is 2.70. The van der Waals surface area contributed by atoms with Gasteiger partial charge in [0.05, 0.1) is 23.2 Å². The van der Waals surface area contributed by atoms with Gasteiger partial charge in [0.25, 0.3) is 0 Å². The van der Waals surface area contributed by atoms with Crippen LogP contribution in [-0.2, 0) is 29.0 Å². The normalized spacial score (nSPS) is 38.9. The van der Waals surface area contributed by atoms with Gasteiger partial charge in [0.2, 0.25) is 5.91 Å². The summed E-state index contributed by atoms with van der Waals surface area (Å²) in [6, 6.07) is 0. The van der Waals surface area contributed by atoms with Gasteiger partial charge in [-0.3, -0.25) is 14.4 Å². The number of amides is 1. The van der Waals surface area contributed by atoms with Crippen LogP contribution in [0.1, 0.15) is 139 Å². The van der Waals surface area contributed by atoms with Crippen molar-refractivity contribution in [1.82, 2.24) is 10.2 Å². The van der Waals surface area contributed by atoms with Crippen LogP contribution in [0.15, 0.2) is 34.4 Å². The molecule has 4 fully saturated rings. The van der Waals surface area contributed by atoms with Gasteiger partial charge in [-0.25, -0.2) is 8.42 Å². The van der Waals surface area contributed by atoms with E-state index in [0.717, 1.165) is 70.0 Å². The number of sulfone groups is 1. The summed E-state index contributed by atoms with van der Waals surface area (Å²) < 4.78 is 29.5. The van der Waals surface area contributed by atoms with Crippen LogP contribution >= 0.6 is 0 Å². The molecule has 1 heterocycles. The van der Waals surface area contributed by atoms with Gasteiger partial charge < -0.3 is 15.0 Å². The third kappa shape index (κ3) is 6.54. The summed E-state index contributed by atoms with van der Waals surface area (Å²) in [5.74, 6) is 1.53. The Balaban J connectivity index is 1.12. The lowest BCUT2D eigenvalue weighted by molar-refractivity contribution is -0.199. The predicted octanol–water partition coefficient (Wildman–Crippen LogP) is 8.42. The number of rotatable bonds is 9. The summed E-state index contributed by atoms with van der Waals surface area (Å²) in [7, 11) is -3.03. The summed E-state index contributed by atoms with van der Waals surface area (Å²) in [6.45, 7) is 22.0. The molecule has 1 N–H and O–H groups in total. The molecule has 6 aliphatic carbocycles. The third-order valence-corrected chi connectivity index (χ3v) is 19.4. The predicted molar refractivity (Wildman–Crippen MR) is 222 cm³/mol. The molecule has 312 valence electrons. The molecule has 1 saturated heterocycles. The Labute approximate surface area is 338 Å². The first kappa shape index (κ1) is 41.9. The lowest BCUT2D eigenvalue weighted by Gasteiger charge is -2.71. The van der Waals surface area contributed by atoms with Crippen LogP contribution < -0.4 is 5.32 Å². The number of esters is 1. The van der Waals surface area contributed by atoms with E-state index in [9.17, 15) is 22.8 Å². The molecule has 1 amide bonds. The van der Waals surface area contributed by atoms with Crippen LogP contribution in [0.5, 0.6) is 0 Å². The van der Waals surface area contributed by atoms with Crippen molar-refractivity contribution in [2.24, 2.45) is 56.7 Å². The van der Waals surface area contributed by atoms with Gasteiger partial charge in [0.1, 0.15) is 9.84 Å². The Bertz CT molecular complexity index is 1820. The zero-order valence-electron chi connectivity index (χ0n) is 36.2. The second-order valence-corrected chi connectivity index (χ2v) is 23.2. The molecule has 0 radical (unpaired) electrons. The van der Waals surface area contributed by atoms with Gasteiger partial charge in [0.15, 0.2) is 5.78 Å². The Hall–Kier alpha value is -2.26. The number of nitrogens with one attached hydrogen (secondary N) is 1. The number of hydrogen-bond acceptors (Lipinski definition) is 7. The van der Waals surface area contributed by atoms with Crippen molar-refractivity contribution in [1.29, 1.82) is 0 Å². The number of fused-ring (bicyclic) bond motifs is 7. The van der Waals surface area contributed by atoms with E-state index in [1.165, 1.54) is 35.8 Å². The molecular weight excluding hydrogens is 721 g/mol. The molecule has 0 aromatic rings. The number of carbonyl (C=O) groups is 3. The summed E-state index contributed by atoms with van der Waals surface area (Å²) >= 11 is 0. The summed E-state index contributed by atoms with van der Waals surface area (Å²) in [4.78, 5) is 43.5. The molecule has 0 aromatic carbocycles. The van der Waals surface area contributed by atoms with E-state index in [1.807, 2.05) is 6.92 Å². The molecule has 0 bridgehead atoms. The van der Waals surface area contributed by atoms with Crippen LogP contribution in [0.3, 0.4) is 0 Å². The fourth-order valence-corrected chi connectivity index (χ4v) is 15.7. The molecular formula is C47H72N2O6S. The molecule has 3 saturated carbocycles. The number of allylic oxidation sites excluding steroid dienone is 5. The van der Waals surface area contributed by atoms with Gasteiger partial charge in [0, 0.05) is 25.8 Å². The molecule has 1 unspecified atom stereocenters. The van der Waals surface area contributed by atoms with Crippen molar-refractivity contribution in [3.63, 3.8) is 0 Å². The minimum absolute atomic E-state index is 0.0140. The number of nitrogens with zero attached hydrogens (tertiary/aromatic N) is 1. The number of ether oxygens (including phenoxy) is 1. The summed E-state index contributed by atoms with van der Waals surface area (Å²) in [5, 5.41) is 3.07. The maximum Gasteiger partial charge on any atom is 0.309 e. The van der Waals surface area contributed by atoms with Gasteiger partial charge in [-0.1, -0.05) is 60.6 Å². The van der Waals surface area contributed by atoms with Crippen LogP contribution in [-0.4, -0.2) is 75.3 Å². The monoisotopic (exact) mass is 793 g/mol. The Morgan fingerprint density at radius 3 is 2.27 bits per heavy atom. The van der Waals surface area contributed by atoms with Crippen molar-refractivity contribution < 1.29 is 27.5 Å². The average Bonchev–Trinajstić information content (AvgIpc) is 3.45. The molecule has 9 heteroatoms. The van der Waals surface area contributed by atoms with Crippen molar-refractivity contribution in [2.75, 3.05) is 39.0 Å². The molecule has 0 aromatic heterocycles. The highest BCUT2D eigenvalue weighted by molar-refractivity contribution is 7.91. The van der Waals surface area contributed by atoms with E-state index in [4.69, 9.17) is 4.74 Å². The van der Waals surface area contributed by atoms with Gasteiger partial charge >= 0.3 is 5.97 Å². The van der Waals surface area contributed by atoms with E-state index in [-0.39, 0.29) is 62.3 Å². The standard InChI is InChI=1S/C47H72N2O6S/c1-10-55-41(51)32-13-11-31(12-14-32)34-17-21-44(6)37(43(34,4)5)18-22-46(8)38(44)16-15-35-40-39(30(2)3)36(50)29-47(40,24-23-45(35,46)7)42(52)48-25-28-49-26-19-33(20-27-49)56(9,53)54/h11,17,30,32-33,35,37-38H,10,12-16,18-29H2,1-9H3,(H,48,52)/t32?,35-,37+,38-,44+,45-,46-,47-/m1/s1. The number of ketones is 1. The lowest BCUT2D eigenvalue weighted by Crippen LogP contribution is -2.64. The number of hydrogen-bond donors (Lipinski definition) is 1. The first-order chi connectivity index (χ1) is 26.2. The van der Waals surface area contributed by atoms with Gasteiger partial charge in [-0.15, -0.1) is 0 Å². The highest BCUT2D eigenvalue weighted by atomic mass is 32.2. The van der Waals surface area contributed by atoms with Crippen molar-refractivity contribution in [2.45, 2.75) is 144 Å². The summed E-state index contributed by atoms with van der Waals surface area (Å²) in [6.07, 6.45) is 17.7. The highest BCUT2D eigenvalue weighted by Crippen LogP contribution is 2.76. The quantitative estimate of drug-likeness (QED) is 0.234. The van der Waals surface area contributed by atoms with E-state index >= 15 is 0 Å². The third-order valence-electron chi connectivity index (χ3n) is 17.7.